The molecule has 1 aliphatic heterocycles. The summed E-state index contributed by atoms with van der Waals surface area (Å²) >= 11 is 0. The summed E-state index contributed by atoms with van der Waals surface area (Å²) < 4.78 is 17.1. The summed E-state index contributed by atoms with van der Waals surface area (Å²) in [6.07, 6.45) is 4.95. The molecule has 0 bridgehead atoms. The minimum atomic E-state index is 0.279. The van der Waals surface area contributed by atoms with Crippen LogP contribution in [-0.2, 0) is 0 Å². The summed E-state index contributed by atoms with van der Waals surface area (Å²) in [7, 11) is 0. The maximum atomic E-state index is 6.04. The normalized spacial score (nSPS) is 25.9. The Balaban J connectivity index is 1.73. The van der Waals surface area contributed by atoms with Crippen LogP contribution in [0.1, 0.15) is 32.6 Å². The van der Waals surface area contributed by atoms with Gasteiger partial charge in [-0.1, -0.05) is 6.92 Å². The van der Waals surface area contributed by atoms with Crippen LogP contribution in [0.15, 0.2) is 12.1 Å². The second-order valence-corrected chi connectivity index (χ2v) is 5.53. The number of benzene rings is 1. The van der Waals surface area contributed by atoms with Gasteiger partial charge < -0.3 is 19.9 Å². The summed E-state index contributed by atoms with van der Waals surface area (Å²) in [5.41, 5.74) is 6.66. The first-order valence-corrected chi connectivity index (χ1v) is 7.08. The van der Waals surface area contributed by atoms with Crippen molar-refractivity contribution in [3.05, 3.63) is 12.1 Å². The molecule has 1 aromatic rings. The van der Waals surface area contributed by atoms with Gasteiger partial charge in [0.25, 0.3) is 0 Å². The smallest absolute Gasteiger partial charge is 0.165 e. The second-order valence-electron chi connectivity index (χ2n) is 5.53. The Morgan fingerprint density at radius 3 is 2.37 bits per heavy atom. The fourth-order valence-electron chi connectivity index (χ4n) is 2.71. The van der Waals surface area contributed by atoms with Gasteiger partial charge in [0.1, 0.15) is 19.0 Å². The number of rotatable bonds is 2. The van der Waals surface area contributed by atoms with Gasteiger partial charge in [-0.3, -0.25) is 0 Å². The molecular formula is C15H21NO3. The van der Waals surface area contributed by atoms with Crippen LogP contribution in [0.2, 0.25) is 0 Å². The van der Waals surface area contributed by atoms with Crippen molar-refractivity contribution in [2.75, 3.05) is 18.9 Å². The average Bonchev–Trinajstić information content (AvgIpc) is 2.42. The summed E-state index contributed by atoms with van der Waals surface area (Å²) in [6.45, 7) is 3.46. The van der Waals surface area contributed by atoms with Gasteiger partial charge in [0.15, 0.2) is 11.5 Å². The Labute approximate surface area is 113 Å². The molecule has 104 valence electrons. The van der Waals surface area contributed by atoms with Gasteiger partial charge in [0.05, 0.1) is 11.8 Å². The highest BCUT2D eigenvalue weighted by molar-refractivity contribution is 5.62. The summed E-state index contributed by atoms with van der Waals surface area (Å²) in [5.74, 6) is 2.99. The molecule has 2 aliphatic rings. The first kappa shape index (κ1) is 12.5. The predicted molar refractivity (Wildman–Crippen MR) is 73.9 cm³/mol. The number of ether oxygens (including phenoxy) is 3. The number of anilines is 1. The van der Waals surface area contributed by atoms with Crippen molar-refractivity contribution in [2.24, 2.45) is 5.92 Å². The molecule has 2 N–H and O–H groups in total. The van der Waals surface area contributed by atoms with Crippen LogP contribution in [0.4, 0.5) is 5.69 Å². The van der Waals surface area contributed by atoms with E-state index in [9.17, 15) is 0 Å². The Bertz CT molecular complexity index is 453. The number of nitrogens with two attached hydrogens (primary N) is 1. The highest BCUT2D eigenvalue weighted by Gasteiger charge is 2.22. The maximum absolute atomic E-state index is 6.04. The largest absolute Gasteiger partial charge is 0.488 e. The molecule has 1 heterocycles. The fourth-order valence-corrected chi connectivity index (χ4v) is 2.71. The van der Waals surface area contributed by atoms with Crippen LogP contribution in [0.25, 0.3) is 0 Å². The average molecular weight is 263 g/mol. The Morgan fingerprint density at radius 2 is 1.68 bits per heavy atom. The van der Waals surface area contributed by atoms with Crippen molar-refractivity contribution < 1.29 is 14.2 Å². The third-order valence-corrected chi connectivity index (χ3v) is 3.93. The second kappa shape index (κ2) is 5.19. The highest BCUT2D eigenvalue weighted by atomic mass is 16.6. The minimum Gasteiger partial charge on any atom is -0.488 e. The molecule has 3 rings (SSSR count). The third kappa shape index (κ3) is 2.72. The Morgan fingerprint density at radius 1 is 1.05 bits per heavy atom. The molecular weight excluding hydrogens is 242 g/mol. The highest BCUT2D eigenvalue weighted by Crippen LogP contribution is 2.39. The summed E-state index contributed by atoms with van der Waals surface area (Å²) in [5, 5.41) is 0. The van der Waals surface area contributed by atoms with E-state index in [4.69, 9.17) is 19.9 Å². The maximum Gasteiger partial charge on any atom is 0.165 e. The molecule has 1 aromatic carbocycles. The van der Waals surface area contributed by atoms with Crippen molar-refractivity contribution in [3.8, 4) is 17.2 Å². The van der Waals surface area contributed by atoms with E-state index in [2.05, 4.69) is 6.92 Å². The van der Waals surface area contributed by atoms with Crippen molar-refractivity contribution in [3.63, 3.8) is 0 Å². The molecule has 1 fully saturated rings. The lowest BCUT2D eigenvalue weighted by Gasteiger charge is -2.28. The first-order chi connectivity index (χ1) is 9.22. The van der Waals surface area contributed by atoms with E-state index in [-0.39, 0.29) is 6.10 Å². The van der Waals surface area contributed by atoms with Crippen molar-refractivity contribution in [2.45, 2.75) is 38.7 Å². The SMILES string of the molecule is CC1CCC(Oc2cc3c(cc2N)OCCO3)CC1. The van der Waals surface area contributed by atoms with Gasteiger partial charge in [-0.05, 0) is 31.6 Å². The van der Waals surface area contributed by atoms with Crippen molar-refractivity contribution >= 4 is 5.69 Å². The molecule has 4 nitrogen and oxygen atoms in total. The Hall–Kier alpha value is -1.58. The quantitative estimate of drug-likeness (QED) is 0.833. The van der Waals surface area contributed by atoms with Crippen LogP contribution >= 0.6 is 0 Å². The standard InChI is InChI=1S/C15H21NO3/c1-10-2-4-11(5-3-10)19-13-9-15-14(8-12(13)16)17-6-7-18-15/h8-11H,2-7,16H2,1H3. The van der Waals surface area contributed by atoms with E-state index in [0.717, 1.165) is 30.3 Å². The predicted octanol–water partition coefficient (Wildman–Crippen LogP) is 3.00. The molecule has 0 amide bonds. The van der Waals surface area contributed by atoms with Gasteiger partial charge in [-0.2, -0.15) is 0 Å². The summed E-state index contributed by atoms with van der Waals surface area (Å²) in [4.78, 5) is 0. The molecule has 1 saturated carbocycles. The van der Waals surface area contributed by atoms with Gasteiger partial charge in [0.2, 0.25) is 0 Å². The number of nitrogen functional groups attached to an aromatic ring is 1. The number of hydrogen-bond acceptors (Lipinski definition) is 4. The molecule has 0 saturated heterocycles. The van der Waals surface area contributed by atoms with Gasteiger partial charge in [-0.25, -0.2) is 0 Å². The lowest BCUT2D eigenvalue weighted by atomic mass is 9.89. The lowest BCUT2D eigenvalue weighted by Crippen LogP contribution is -2.23. The monoisotopic (exact) mass is 263 g/mol. The first-order valence-electron chi connectivity index (χ1n) is 7.08. The fraction of sp³-hybridized carbons (Fsp3) is 0.600. The van der Waals surface area contributed by atoms with E-state index in [1.54, 1.807) is 6.07 Å². The van der Waals surface area contributed by atoms with E-state index < -0.39 is 0 Å². The molecule has 0 radical (unpaired) electrons. The number of fused-ring (bicyclic) bond motifs is 1. The molecule has 4 heteroatoms. The topological polar surface area (TPSA) is 53.7 Å². The minimum absolute atomic E-state index is 0.279. The molecule has 0 atom stereocenters. The van der Waals surface area contributed by atoms with Crippen LogP contribution in [0.5, 0.6) is 17.2 Å². The van der Waals surface area contributed by atoms with Crippen molar-refractivity contribution in [1.29, 1.82) is 0 Å². The van der Waals surface area contributed by atoms with E-state index in [1.807, 2.05) is 6.07 Å². The summed E-state index contributed by atoms with van der Waals surface area (Å²) in [6, 6.07) is 3.66. The molecule has 0 aromatic heterocycles. The van der Waals surface area contributed by atoms with Crippen LogP contribution < -0.4 is 19.9 Å². The molecule has 0 unspecified atom stereocenters. The van der Waals surface area contributed by atoms with Crippen LogP contribution in [0.3, 0.4) is 0 Å². The lowest BCUT2D eigenvalue weighted by molar-refractivity contribution is 0.133. The zero-order chi connectivity index (χ0) is 13.2. The number of hydrogen-bond donors (Lipinski definition) is 1. The van der Waals surface area contributed by atoms with E-state index in [0.29, 0.717) is 24.7 Å². The van der Waals surface area contributed by atoms with Crippen LogP contribution in [-0.4, -0.2) is 19.3 Å². The molecule has 1 aliphatic carbocycles. The van der Waals surface area contributed by atoms with Gasteiger partial charge in [0, 0.05) is 12.1 Å². The molecule has 0 spiro atoms. The van der Waals surface area contributed by atoms with E-state index >= 15 is 0 Å². The zero-order valence-electron chi connectivity index (χ0n) is 11.4. The molecule has 19 heavy (non-hydrogen) atoms. The van der Waals surface area contributed by atoms with Crippen LogP contribution in [0, 0.1) is 5.92 Å². The van der Waals surface area contributed by atoms with Crippen molar-refractivity contribution in [1.82, 2.24) is 0 Å². The zero-order valence-corrected chi connectivity index (χ0v) is 11.4. The van der Waals surface area contributed by atoms with Gasteiger partial charge >= 0.3 is 0 Å². The third-order valence-electron chi connectivity index (χ3n) is 3.93. The van der Waals surface area contributed by atoms with Gasteiger partial charge in [-0.15, -0.1) is 0 Å². The van der Waals surface area contributed by atoms with E-state index in [1.165, 1.54) is 12.8 Å². The Kier molecular flexibility index (Phi) is 3.40.